The maximum Gasteiger partial charge on any atom is 0.394 e. The van der Waals surface area contributed by atoms with Crippen LogP contribution in [0.3, 0.4) is 0 Å². The van der Waals surface area contributed by atoms with Crippen molar-refractivity contribution in [2.24, 2.45) is 11.8 Å². The average Bonchev–Trinajstić information content (AvgIpc) is 3.01. The Hall–Kier alpha value is -2.45. The van der Waals surface area contributed by atoms with Gasteiger partial charge in [0.05, 0.1) is 24.1 Å². The van der Waals surface area contributed by atoms with Crippen molar-refractivity contribution < 1.29 is 32.6 Å². The third kappa shape index (κ3) is 4.59. The number of urea groups is 1. The first-order chi connectivity index (χ1) is 12.1. The molecule has 1 aromatic carbocycles. The number of carboxylic acids is 1. The SMILES string of the molecule is CCCOc1cc(C)ccc1NC(=O)N1C[C@@H](C(F)(F)F)[C@H](C(=O)O)C1. The van der Waals surface area contributed by atoms with Crippen molar-refractivity contribution in [3.05, 3.63) is 23.8 Å². The fourth-order valence-corrected chi connectivity index (χ4v) is 2.81. The van der Waals surface area contributed by atoms with E-state index in [-0.39, 0.29) is 0 Å². The first-order valence-corrected chi connectivity index (χ1v) is 8.22. The molecule has 0 aromatic heterocycles. The molecule has 0 spiro atoms. The molecule has 1 aliphatic rings. The molecule has 2 amide bonds. The van der Waals surface area contributed by atoms with Gasteiger partial charge in [-0.2, -0.15) is 13.2 Å². The maximum absolute atomic E-state index is 13.0. The summed E-state index contributed by atoms with van der Waals surface area (Å²) in [4.78, 5) is 24.4. The summed E-state index contributed by atoms with van der Waals surface area (Å²) in [6, 6.07) is 4.27. The van der Waals surface area contributed by atoms with Crippen molar-refractivity contribution in [2.45, 2.75) is 26.4 Å². The lowest BCUT2D eigenvalue weighted by atomic mass is 9.96. The fraction of sp³-hybridized carbons (Fsp3) is 0.529. The van der Waals surface area contributed by atoms with Gasteiger partial charge < -0.3 is 20.1 Å². The molecular weight excluding hydrogens is 353 g/mol. The third-order valence-corrected chi connectivity index (χ3v) is 4.19. The van der Waals surface area contributed by atoms with Gasteiger partial charge in [0.2, 0.25) is 0 Å². The van der Waals surface area contributed by atoms with Gasteiger partial charge in [-0.1, -0.05) is 13.0 Å². The topological polar surface area (TPSA) is 78.9 Å². The van der Waals surface area contributed by atoms with Gasteiger partial charge >= 0.3 is 18.2 Å². The van der Waals surface area contributed by atoms with Gasteiger partial charge in [0.25, 0.3) is 0 Å². The molecule has 1 aliphatic heterocycles. The number of carbonyl (C=O) groups is 2. The summed E-state index contributed by atoms with van der Waals surface area (Å²) in [5.41, 5.74) is 1.23. The number of ether oxygens (including phenoxy) is 1. The van der Waals surface area contributed by atoms with Crippen molar-refractivity contribution in [1.82, 2.24) is 4.90 Å². The Morgan fingerprint density at radius 1 is 1.35 bits per heavy atom. The highest BCUT2D eigenvalue weighted by Gasteiger charge is 2.53. The minimum absolute atomic E-state index is 0.330. The van der Waals surface area contributed by atoms with E-state index in [1.54, 1.807) is 18.2 Å². The molecule has 0 radical (unpaired) electrons. The molecule has 0 unspecified atom stereocenters. The van der Waals surface area contributed by atoms with Crippen molar-refractivity contribution >= 4 is 17.7 Å². The van der Waals surface area contributed by atoms with E-state index in [1.165, 1.54) is 0 Å². The number of rotatable bonds is 5. The van der Waals surface area contributed by atoms with E-state index < -0.39 is 43.1 Å². The van der Waals surface area contributed by atoms with E-state index >= 15 is 0 Å². The van der Waals surface area contributed by atoms with Gasteiger partial charge in [-0.3, -0.25) is 4.79 Å². The summed E-state index contributed by atoms with van der Waals surface area (Å²) in [6.45, 7) is 3.00. The number of benzene rings is 1. The number of nitrogens with zero attached hydrogens (tertiary/aromatic N) is 1. The number of anilines is 1. The molecule has 0 aliphatic carbocycles. The Morgan fingerprint density at radius 3 is 2.58 bits per heavy atom. The number of nitrogens with one attached hydrogen (secondary N) is 1. The molecule has 144 valence electrons. The number of likely N-dealkylation sites (tertiary alicyclic amines) is 1. The number of hydrogen-bond acceptors (Lipinski definition) is 3. The number of halogens is 3. The second kappa shape index (κ2) is 7.84. The lowest BCUT2D eigenvalue weighted by molar-refractivity contribution is -0.187. The summed E-state index contributed by atoms with van der Waals surface area (Å²) in [5.74, 6) is -4.90. The number of carboxylic acid groups (broad SMARTS) is 1. The zero-order valence-corrected chi connectivity index (χ0v) is 14.5. The Balaban J connectivity index is 2.14. The molecule has 1 saturated heterocycles. The molecular formula is C17H21F3N2O4. The number of alkyl halides is 3. The molecule has 26 heavy (non-hydrogen) atoms. The first-order valence-electron chi connectivity index (χ1n) is 8.22. The predicted molar refractivity (Wildman–Crippen MR) is 88.2 cm³/mol. The van der Waals surface area contributed by atoms with Crippen LogP contribution in [0.4, 0.5) is 23.7 Å². The van der Waals surface area contributed by atoms with Gasteiger partial charge in [0, 0.05) is 13.1 Å². The molecule has 1 aromatic rings. The lowest BCUT2D eigenvalue weighted by Gasteiger charge is -2.20. The van der Waals surface area contributed by atoms with Crippen LogP contribution in [-0.4, -0.2) is 47.9 Å². The highest BCUT2D eigenvalue weighted by atomic mass is 19.4. The molecule has 0 saturated carbocycles. The molecule has 0 bridgehead atoms. The largest absolute Gasteiger partial charge is 0.491 e. The van der Waals surface area contributed by atoms with Crippen LogP contribution >= 0.6 is 0 Å². The van der Waals surface area contributed by atoms with Crippen LogP contribution in [0.5, 0.6) is 5.75 Å². The number of carbonyl (C=O) groups excluding carboxylic acids is 1. The quantitative estimate of drug-likeness (QED) is 0.827. The van der Waals surface area contributed by atoms with E-state index in [0.717, 1.165) is 16.9 Å². The summed E-state index contributed by atoms with van der Waals surface area (Å²) < 4.78 is 44.7. The molecule has 9 heteroatoms. The third-order valence-electron chi connectivity index (χ3n) is 4.19. The van der Waals surface area contributed by atoms with Crippen LogP contribution in [-0.2, 0) is 4.79 Å². The summed E-state index contributed by atoms with van der Waals surface area (Å²) in [6.07, 6.45) is -3.93. The highest BCUT2D eigenvalue weighted by Crippen LogP contribution is 2.38. The summed E-state index contributed by atoms with van der Waals surface area (Å²) >= 11 is 0. The van der Waals surface area contributed by atoms with E-state index in [1.807, 2.05) is 13.8 Å². The number of hydrogen-bond donors (Lipinski definition) is 2. The number of aryl methyl sites for hydroxylation is 1. The Bertz CT molecular complexity index is 678. The van der Waals surface area contributed by atoms with E-state index in [9.17, 15) is 22.8 Å². The summed E-state index contributed by atoms with van der Waals surface area (Å²) in [7, 11) is 0. The van der Waals surface area contributed by atoms with Crippen LogP contribution in [0.15, 0.2) is 18.2 Å². The smallest absolute Gasteiger partial charge is 0.394 e. The van der Waals surface area contributed by atoms with Crippen LogP contribution < -0.4 is 10.1 Å². The van der Waals surface area contributed by atoms with E-state index in [2.05, 4.69) is 5.32 Å². The Kier molecular flexibility index (Phi) is 5.99. The number of amides is 2. The van der Waals surface area contributed by atoms with Crippen LogP contribution in [0, 0.1) is 18.8 Å². The Labute approximate surface area is 148 Å². The molecule has 2 rings (SSSR count). The van der Waals surface area contributed by atoms with Gasteiger partial charge in [0.1, 0.15) is 5.75 Å². The van der Waals surface area contributed by atoms with E-state index in [4.69, 9.17) is 9.84 Å². The van der Waals surface area contributed by atoms with Crippen molar-refractivity contribution in [3.8, 4) is 5.75 Å². The molecule has 2 N–H and O–H groups in total. The maximum atomic E-state index is 13.0. The number of aliphatic carboxylic acids is 1. The predicted octanol–water partition coefficient (Wildman–Crippen LogP) is 3.51. The molecule has 2 atom stereocenters. The zero-order chi connectivity index (χ0) is 19.5. The van der Waals surface area contributed by atoms with Gasteiger partial charge in [0.15, 0.2) is 0 Å². The molecule has 1 heterocycles. The minimum Gasteiger partial charge on any atom is -0.491 e. The monoisotopic (exact) mass is 374 g/mol. The lowest BCUT2D eigenvalue weighted by Crippen LogP contribution is -2.35. The van der Waals surface area contributed by atoms with Crippen LogP contribution in [0.25, 0.3) is 0 Å². The van der Waals surface area contributed by atoms with Crippen LogP contribution in [0.2, 0.25) is 0 Å². The van der Waals surface area contributed by atoms with Gasteiger partial charge in [-0.05, 0) is 31.0 Å². The Morgan fingerprint density at radius 2 is 2.04 bits per heavy atom. The van der Waals surface area contributed by atoms with Gasteiger partial charge in [-0.25, -0.2) is 4.79 Å². The second-order valence-corrected chi connectivity index (χ2v) is 6.28. The van der Waals surface area contributed by atoms with Gasteiger partial charge in [-0.15, -0.1) is 0 Å². The van der Waals surface area contributed by atoms with Crippen LogP contribution in [0.1, 0.15) is 18.9 Å². The van der Waals surface area contributed by atoms with Crippen molar-refractivity contribution in [2.75, 3.05) is 25.0 Å². The zero-order valence-electron chi connectivity index (χ0n) is 14.5. The molecule has 1 fully saturated rings. The minimum atomic E-state index is -4.68. The summed E-state index contributed by atoms with van der Waals surface area (Å²) in [5, 5.41) is 11.6. The van der Waals surface area contributed by atoms with Crippen molar-refractivity contribution in [3.63, 3.8) is 0 Å². The average molecular weight is 374 g/mol. The highest BCUT2D eigenvalue weighted by molar-refractivity contribution is 5.91. The standard InChI is InChI=1S/C17H21F3N2O4/c1-3-6-26-14-7-10(2)4-5-13(14)21-16(25)22-8-11(15(23)24)12(9-22)17(18,19)20/h4-5,7,11-12H,3,6,8-9H2,1-2H3,(H,21,25)(H,23,24)/t11-,12-/m1/s1. The van der Waals surface area contributed by atoms with E-state index in [0.29, 0.717) is 18.0 Å². The first kappa shape index (κ1) is 19.9. The second-order valence-electron chi connectivity index (χ2n) is 6.28. The molecule has 6 nitrogen and oxygen atoms in total. The normalized spacial score (nSPS) is 20.1. The van der Waals surface area contributed by atoms with Crippen molar-refractivity contribution in [1.29, 1.82) is 0 Å². The fourth-order valence-electron chi connectivity index (χ4n) is 2.81.